The van der Waals surface area contributed by atoms with Gasteiger partial charge in [-0.15, -0.1) is 11.8 Å². The number of carbonyl (C=O) groups is 3. The summed E-state index contributed by atoms with van der Waals surface area (Å²) in [5, 5.41) is 8.17. The predicted octanol–water partition coefficient (Wildman–Crippen LogP) is 5.77. The lowest BCUT2D eigenvalue weighted by Gasteiger charge is -2.20. The van der Waals surface area contributed by atoms with Crippen molar-refractivity contribution in [2.45, 2.75) is 23.5 Å². The number of hydrogen-bond donors (Lipinski definition) is 3. The third kappa shape index (κ3) is 8.02. The number of fused-ring (bicyclic) bond motifs is 1. The van der Waals surface area contributed by atoms with E-state index in [2.05, 4.69) is 20.9 Å². The minimum absolute atomic E-state index is 0.0603. The van der Waals surface area contributed by atoms with E-state index in [1.807, 2.05) is 19.1 Å². The normalized spacial score (nSPS) is 13.0. The Morgan fingerprint density at radius 2 is 1.67 bits per heavy atom. The van der Waals surface area contributed by atoms with Gasteiger partial charge in [0.25, 0.3) is 11.8 Å². The summed E-state index contributed by atoms with van der Waals surface area (Å²) in [6, 6.07) is 24.7. The standard InChI is InChI=1S/C33H30N4O5S/c1-2-30(33(40)36-25-13-14-28-29(20-25)42-17-16-41-28)43-26-12-6-11-24(19-26)35-32(39)27(18-22-8-7-15-34-21-22)37-31(38)23-9-4-3-5-10-23/h3-15,18-21,30H,2,16-17H2,1H3,(H,35,39)(H,36,40)(H,37,38)/b27-18-. The average Bonchev–Trinajstić information content (AvgIpc) is 3.04. The van der Waals surface area contributed by atoms with Crippen molar-refractivity contribution in [3.8, 4) is 11.5 Å². The van der Waals surface area contributed by atoms with Crippen LogP contribution in [-0.2, 0) is 9.59 Å². The maximum atomic E-state index is 13.4. The smallest absolute Gasteiger partial charge is 0.272 e. The van der Waals surface area contributed by atoms with Gasteiger partial charge in [-0.3, -0.25) is 19.4 Å². The molecule has 3 aromatic carbocycles. The summed E-state index contributed by atoms with van der Waals surface area (Å²) in [5.41, 5.74) is 2.28. The Bertz CT molecular complexity index is 1630. The molecule has 1 aromatic heterocycles. The number of pyridine rings is 1. The Hall–Kier alpha value is -5.09. The lowest BCUT2D eigenvalue weighted by Crippen LogP contribution is -2.30. The molecule has 0 aliphatic carbocycles. The van der Waals surface area contributed by atoms with E-state index in [-0.39, 0.29) is 16.9 Å². The molecule has 1 unspecified atom stereocenters. The molecule has 5 rings (SSSR count). The summed E-state index contributed by atoms with van der Waals surface area (Å²) < 4.78 is 11.2. The molecule has 0 bridgehead atoms. The maximum absolute atomic E-state index is 13.4. The number of benzene rings is 3. The van der Waals surface area contributed by atoms with Crippen LogP contribution in [0.2, 0.25) is 0 Å². The van der Waals surface area contributed by atoms with Crippen molar-refractivity contribution in [1.82, 2.24) is 10.3 Å². The molecule has 43 heavy (non-hydrogen) atoms. The highest BCUT2D eigenvalue weighted by Crippen LogP contribution is 2.34. The predicted molar refractivity (Wildman–Crippen MR) is 167 cm³/mol. The van der Waals surface area contributed by atoms with Gasteiger partial charge in [0, 0.05) is 40.3 Å². The van der Waals surface area contributed by atoms with Crippen molar-refractivity contribution in [1.29, 1.82) is 0 Å². The molecular weight excluding hydrogens is 564 g/mol. The quantitative estimate of drug-likeness (QED) is 0.158. The number of hydrogen-bond acceptors (Lipinski definition) is 7. The molecule has 0 spiro atoms. The van der Waals surface area contributed by atoms with Gasteiger partial charge in [0.05, 0.1) is 5.25 Å². The second kappa shape index (κ2) is 14.2. The molecule has 4 aromatic rings. The van der Waals surface area contributed by atoms with E-state index in [4.69, 9.17) is 9.47 Å². The maximum Gasteiger partial charge on any atom is 0.272 e. The first kappa shape index (κ1) is 29.4. The Morgan fingerprint density at radius 3 is 2.44 bits per heavy atom. The highest BCUT2D eigenvalue weighted by Gasteiger charge is 2.21. The first-order chi connectivity index (χ1) is 21.0. The van der Waals surface area contributed by atoms with Crippen molar-refractivity contribution in [3.05, 3.63) is 114 Å². The molecule has 0 saturated carbocycles. The average molecular weight is 595 g/mol. The minimum atomic E-state index is -0.501. The molecule has 218 valence electrons. The second-order valence-corrected chi connectivity index (χ2v) is 10.8. The molecule has 1 atom stereocenters. The molecule has 0 fully saturated rings. The van der Waals surface area contributed by atoms with Gasteiger partial charge in [-0.05, 0) is 66.6 Å². The lowest BCUT2D eigenvalue weighted by atomic mass is 10.2. The number of nitrogens with one attached hydrogen (secondary N) is 3. The molecule has 1 aliphatic heterocycles. The molecular formula is C33H30N4O5S. The van der Waals surface area contributed by atoms with Crippen molar-refractivity contribution in [2.75, 3.05) is 23.8 Å². The molecule has 1 aliphatic rings. The van der Waals surface area contributed by atoms with Crippen LogP contribution < -0.4 is 25.4 Å². The van der Waals surface area contributed by atoms with E-state index in [0.717, 1.165) is 4.90 Å². The molecule has 10 heteroatoms. The van der Waals surface area contributed by atoms with Crippen LogP contribution in [0.25, 0.3) is 6.08 Å². The van der Waals surface area contributed by atoms with E-state index in [1.165, 1.54) is 11.8 Å². The fraction of sp³-hybridized carbons (Fsp3) is 0.152. The Morgan fingerprint density at radius 1 is 0.884 bits per heavy atom. The van der Waals surface area contributed by atoms with Crippen molar-refractivity contribution >= 4 is 46.9 Å². The number of ether oxygens (including phenoxy) is 2. The molecule has 0 saturated heterocycles. The van der Waals surface area contributed by atoms with E-state index >= 15 is 0 Å². The van der Waals surface area contributed by atoms with Gasteiger partial charge in [0.1, 0.15) is 18.9 Å². The van der Waals surface area contributed by atoms with Gasteiger partial charge in [-0.1, -0.05) is 37.3 Å². The summed E-state index contributed by atoms with van der Waals surface area (Å²) >= 11 is 1.39. The number of rotatable bonds is 10. The van der Waals surface area contributed by atoms with E-state index in [9.17, 15) is 14.4 Å². The highest BCUT2D eigenvalue weighted by molar-refractivity contribution is 8.00. The number of aromatic nitrogens is 1. The van der Waals surface area contributed by atoms with E-state index in [0.29, 0.717) is 53.6 Å². The zero-order chi connectivity index (χ0) is 30.0. The van der Waals surface area contributed by atoms with Gasteiger partial charge >= 0.3 is 0 Å². The van der Waals surface area contributed by atoms with Crippen molar-refractivity contribution in [3.63, 3.8) is 0 Å². The zero-order valence-electron chi connectivity index (χ0n) is 23.4. The van der Waals surface area contributed by atoms with Crippen LogP contribution in [0, 0.1) is 0 Å². The number of thioether (sulfide) groups is 1. The minimum Gasteiger partial charge on any atom is -0.486 e. The Kier molecular flexibility index (Phi) is 9.71. The molecule has 2 heterocycles. The summed E-state index contributed by atoms with van der Waals surface area (Å²) in [7, 11) is 0. The van der Waals surface area contributed by atoms with E-state index < -0.39 is 11.8 Å². The number of carbonyl (C=O) groups excluding carboxylic acids is 3. The Balaban J connectivity index is 1.27. The van der Waals surface area contributed by atoms with Crippen LogP contribution in [0.1, 0.15) is 29.3 Å². The topological polar surface area (TPSA) is 119 Å². The summed E-state index contributed by atoms with van der Waals surface area (Å²) in [6.07, 6.45) is 5.38. The molecule has 3 amide bonds. The zero-order valence-corrected chi connectivity index (χ0v) is 24.2. The van der Waals surface area contributed by atoms with Crippen LogP contribution in [-0.4, -0.2) is 41.2 Å². The van der Waals surface area contributed by atoms with Gasteiger partial charge in [0.15, 0.2) is 11.5 Å². The summed E-state index contributed by atoms with van der Waals surface area (Å²) in [6.45, 7) is 2.90. The first-order valence-corrected chi connectivity index (χ1v) is 14.6. The fourth-order valence-electron chi connectivity index (χ4n) is 4.25. The van der Waals surface area contributed by atoms with Gasteiger partial charge in [-0.2, -0.15) is 0 Å². The largest absolute Gasteiger partial charge is 0.486 e. The van der Waals surface area contributed by atoms with Crippen LogP contribution >= 0.6 is 11.8 Å². The SMILES string of the molecule is CCC(Sc1cccc(NC(=O)/C(=C/c2cccnc2)NC(=O)c2ccccc2)c1)C(=O)Nc1ccc2c(c1)OCCO2. The lowest BCUT2D eigenvalue weighted by molar-refractivity contribution is -0.116. The van der Waals surface area contributed by atoms with Crippen LogP contribution in [0.15, 0.2) is 108 Å². The van der Waals surface area contributed by atoms with Crippen molar-refractivity contribution < 1.29 is 23.9 Å². The number of nitrogens with zero attached hydrogens (tertiary/aromatic N) is 1. The van der Waals surface area contributed by atoms with Crippen LogP contribution in [0.4, 0.5) is 11.4 Å². The molecule has 3 N–H and O–H groups in total. The van der Waals surface area contributed by atoms with Gasteiger partial charge < -0.3 is 25.4 Å². The van der Waals surface area contributed by atoms with Crippen LogP contribution in [0.5, 0.6) is 11.5 Å². The van der Waals surface area contributed by atoms with Gasteiger partial charge in [0.2, 0.25) is 5.91 Å². The first-order valence-electron chi connectivity index (χ1n) is 13.7. The number of anilines is 2. The fourth-order valence-corrected chi connectivity index (χ4v) is 5.26. The monoisotopic (exact) mass is 594 g/mol. The van der Waals surface area contributed by atoms with Crippen LogP contribution in [0.3, 0.4) is 0 Å². The summed E-state index contributed by atoms with van der Waals surface area (Å²) in [4.78, 5) is 44.3. The Labute approximate surface area is 253 Å². The third-order valence-electron chi connectivity index (χ3n) is 6.37. The molecule has 0 radical (unpaired) electrons. The van der Waals surface area contributed by atoms with Gasteiger partial charge in [-0.25, -0.2) is 0 Å². The van der Waals surface area contributed by atoms with E-state index in [1.54, 1.807) is 91.3 Å². The van der Waals surface area contributed by atoms with Crippen molar-refractivity contribution in [2.24, 2.45) is 0 Å². The third-order valence-corrected chi connectivity index (χ3v) is 7.73. The molecule has 9 nitrogen and oxygen atoms in total. The summed E-state index contributed by atoms with van der Waals surface area (Å²) in [5.74, 6) is 0.195. The second-order valence-electron chi connectivity index (χ2n) is 9.51. The highest BCUT2D eigenvalue weighted by atomic mass is 32.2. The number of amides is 3.